The second-order valence-electron chi connectivity index (χ2n) is 3.90. The number of halogens is 1. The Morgan fingerprint density at radius 1 is 1.47 bits per heavy atom. The summed E-state index contributed by atoms with van der Waals surface area (Å²) in [5.74, 6) is 0. The quantitative estimate of drug-likeness (QED) is 0.853. The molecule has 1 aliphatic rings. The van der Waals surface area contributed by atoms with Gasteiger partial charge in [-0.1, -0.05) is 22.0 Å². The predicted molar refractivity (Wildman–Crippen MR) is 64.7 cm³/mol. The molecular formula is C12H16BrNO. The molecule has 1 aromatic rings. The summed E-state index contributed by atoms with van der Waals surface area (Å²) in [6.07, 6.45) is 3.37. The summed E-state index contributed by atoms with van der Waals surface area (Å²) >= 11 is 3.51. The van der Waals surface area contributed by atoms with E-state index in [1.54, 1.807) is 0 Å². The topological polar surface area (TPSA) is 21.3 Å². The van der Waals surface area contributed by atoms with Crippen LogP contribution in [-0.4, -0.2) is 12.6 Å². The third-order valence-corrected chi connectivity index (χ3v) is 3.28. The van der Waals surface area contributed by atoms with Crippen molar-refractivity contribution in [3.8, 4) is 0 Å². The molecule has 3 heteroatoms. The Morgan fingerprint density at radius 2 is 2.33 bits per heavy atom. The maximum Gasteiger partial charge on any atom is 0.0654 e. The number of fused-ring (bicyclic) bond motifs is 1. The molecule has 1 aromatic carbocycles. The number of hydrogen-bond acceptors (Lipinski definition) is 2. The van der Waals surface area contributed by atoms with Gasteiger partial charge in [-0.15, -0.1) is 0 Å². The van der Waals surface area contributed by atoms with E-state index < -0.39 is 0 Å². The molecule has 1 aliphatic carbocycles. The zero-order chi connectivity index (χ0) is 10.7. The molecule has 1 N–H and O–H groups in total. The first kappa shape index (κ1) is 11.1. The van der Waals surface area contributed by atoms with Crippen LogP contribution in [0, 0.1) is 0 Å². The largest absolute Gasteiger partial charge is 0.302 e. The Balaban J connectivity index is 2.03. The Hall–Kier alpha value is -0.380. The number of hydroxylamine groups is 1. The van der Waals surface area contributed by atoms with Crippen molar-refractivity contribution in [2.24, 2.45) is 0 Å². The van der Waals surface area contributed by atoms with Gasteiger partial charge in [-0.05, 0) is 49.4 Å². The third kappa shape index (κ3) is 2.80. The van der Waals surface area contributed by atoms with E-state index in [0.29, 0.717) is 6.04 Å². The molecule has 0 bridgehead atoms. The van der Waals surface area contributed by atoms with Gasteiger partial charge in [0.25, 0.3) is 0 Å². The maximum atomic E-state index is 5.25. The molecule has 0 fully saturated rings. The zero-order valence-corrected chi connectivity index (χ0v) is 10.5. The standard InChI is InChI=1S/C12H16BrNO/c1-2-15-14-12-6-4-9-7-11(13)5-3-10(9)8-12/h3,5,7,12,14H,2,4,6,8H2,1H3. The molecule has 1 unspecified atom stereocenters. The van der Waals surface area contributed by atoms with Crippen molar-refractivity contribution in [2.45, 2.75) is 32.2 Å². The molecule has 0 spiro atoms. The van der Waals surface area contributed by atoms with Crippen molar-refractivity contribution < 1.29 is 4.84 Å². The Labute approximate surface area is 99.1 Å². The van der Waals surface area contributed by atoms with E-state index in [1.165, 1.54) is 15.6 Å². The van der Waals surface area contributed by atoms with Gasteiger partial charge in [0, 0.05) is 10.5 Å². The fourth-order valence-corrected chi connectivity index (χ4v) is 2.43. The minimum absolute atomic E-state index is 0.471. The minimum Gasteiger partial charge on any atom is -0.302 e. The zero-order valence-electron chi connectivity index (χ0n) is 8.92. The van der Waals surface area contributed by atoms with E-state index >= 15 is 0 Å². The predicted octanol–water partition coefficient (Wildman–Crippen LogP) is 2.85. The molecule has 0 aliphatic heterocycles. The monoisotopic (exact) mass is 269 g/mol. The van der Waals surface area contributed by atoms with Crippen LogP contribution in [0.1, 0.15) is 24.5 Å². The summed E-state index contributed by atoms with van der Waals surface area (Å²) in [6, 6.07) is 7.02. The number of benzene rings is 1. The lowest BCUT2D eigenvalue weighted by atomic mass is 9.89. The SMILES string of the molecule is CCONC1CCc2cc(Br)ccc2C1. The van der Waals surface area contributed by atoms with Gasteiger partial charge in [0.1, 0.15) is 0 Å². The van der Waals surface area contributed by atoms with E-state index in [4.69, 9.17) is 4.84 Å². The second-order valence-corrected chi connectivity index (χ2v) is 4.82. The lowest BCUT2D eigenvalue weighted by Crippen LogP contribution is -2.34. The molecule has 15 heavy (non-hydrogen) atoms. The van der Waals surface area contributed by atoms with Gasteiger partial charge >= 0.3 is 0 Å². The number of rotatable bonds is 3. The third-order valence-electron chi connectivity index (χ3n) is 2.79. The van der Waals surface area contributed by atoms with Gasteiger partial charge in [-0.3, -0.25) is 0 Å². The molecule has 0 saturated carbocycles. The average Bonchev–Trinajstić information content (AvgIpc) is 2.26. The van der Waals surface area contributed by atoms with Gasteiger partial charge < -0.3 is 4.84 Å². The molecule has 0 heterocycles. The Kier molecular flexibility index (Phi) is 3.78. The van der Waals surface area contributed by atoms with Crippen LogP contribution in [0.4, 0.5) is 0 Å². The molecular weight excluding hydrogens is 254 g/mol. The first-order valence-corrected chi connectivity index (χ1v) is 6.23. The van der Waals surface area contributed by atoms with Gasteiger partial charge in [-0.25, -0.2) is 0 Å². The Bertz CT molecular complexity index is 340. The lowest BCUT2D eigenvalue weighted by molar-refractivity contribution is 0.0212. The normalized spacial score (nSPS) is 20.0. The van der Waals surface area contributed by atoms with Crippen molar-refractivity contribution in [1.29, 1.82) is 0 Å². The first-order chi connectivity index (χ1) is 7.29. The summed E-state index contributed by atoms with van der Waals surface area (Å²) in [4.78, 5) is 5.25. The van der Waals surface area contributed by atoms with Crippen LogP contribution in [0.2, 0.25) is 0 Å². The molecule has 1 atom stereocenters. The average molecular weight is 270 g/mol. The van der Waals surface area contributed by atoms with Crippen LogP contribution in [0.3, 0.4) is 0 Å². The van der Waals surface area contributed by atoms with E-state index in [2.05, 4.69) is 39.6 Å². The molecule has 2 rings (SSSR count). The van der Waals surface area contributed by atoms with Gasteiger partial charge in [-0.2, -0.15) is 5.48 Å². The van der Waals surface area contributed by atoms with Crippen LogP contribution in [0.15, 0.2) is 22.7 Å². The molecule has 0 radical (unpaired) electrons. The highest BCUT2D eigenvalue weighted by Crippen LogP contribution is 2.24. The molecule has 0 aromatic heterocycles. The number of nitrogens with one attached hydrogen (secondary N) is 1. The summed E-state index contributed by atoms with van der Waals surface area (Å²) in [7, 11) is 0. The van der Waals surface area contributed by atoms with Crippen LogP contribution in [0.25, 0.3) is 0 Å². The van der Waals surface area contributed by atoms with Gasteiger partial charge in [0.15, 0.2) is 0 Å². The summed E-state index contributed by atoms with van der Waals surface area (Å²) in [5, 5.41) is 0. The van der Waals surface area contributed by atoms with E-state index in [-0.39, 0.29) is 0 Å². The maximum absolute atomic E-state index is 5.25. The fourth-order valence-electron chi connectivity index (χ4n) is 2.03. The van der Waals surface area contributed by atoms with Gasteiger partial charge in [0.05, 0.1) is 6.61 Å². The smallest absolute Gasteiger partial charge is 0.0654 e. The minimum atomic E-state index is 0.471. The first-order valence-electron chi connectivity index (χ1n) is 5.44. The number of aryl methyl sites for hydroxylation is 1. The van der Waals surface area contributed by atoms with E-state index in [0.717, 1.165) is 25.9 Å². The molecule has 2 nitrogen and oxygen atoms in total. The van der Waals surface area contributed by atoms with E-state index in [1.807, 2.05) is 6.92 Å². The van der Waals surface area contributed by atoms with Crippen molar-refractivity contribution >= 4 is 15.9 Å². The van der Waals surface area contributed by atoms with Crippen LogP contribution in [-0.2, 0) is 17.7 Å². The van der Waals surface area contributed by atoms with Gasteiger partial charge in [0.2, 0.25) is 0 Å². The van der Waals surface area contributed by atoms with Crippen LogP contribution < -0.4 is 5.48 Å². The fraction of sp³-hybridized carbons (Fsp3) is 0.500. The lowest BCUT2D eigenvalue weighted by Gasteiger charge is -2.25. The summed E-state index contributed by atoms with van der Waals surface area (Å²) in [6.45, 7) is 2.73. The van der Waals surface area contributed by atoms with Crippen molar-refractivity contribution in [3.05, 3.63) is 33.8 Å². The summed E-state index contributed by atoms with van der Waals surface area (Å²) < 4.78 is 1.18. The summed E-state index contributed by atoms with van der Waals surface area (Å²) in [5.41, 5.74) is 6.03. The van der Waals surface area contributed by atoms with Crippen LogP contribution in [0.5, 0.6) is 0 Å². The van der Waals surface area contributed by atoms with Crippen molar-refractivity contribution in [2.75, 3.05) is 6.61 Å². The number of hydrogen-bond donors (Lipinski definition) is 1. The highest BCUT2D eigenvalue weighted by Gasteiger charge is 2.18. The van der Waals surface area contributed by atoms with E-state index in [9.17, 15) is 0 Å². The Morgan fingerprint density at radius 3 is 3.13 bits per heavy atom. The van der Waals surface area contributed by atoms with Crippen molar-refractivity contribution in [1.82, 2.24) is 5.48 Å². The van der Waals surface area contributed by atoms with Crippen LogP contribution >= 0.6 is 15.9 Å². The highest BCUT2D eigenvalue weighted by atomic mass is 79.9. The molecule has 0 saturated heterocycles. The van der Waals surface area contributed by atoms with Crippen molar-refractivity contribution in [3.63, 3.8) is 0 Å². The second kappa shape index (κ2) is 5.10. The molecule has 0 amide bonds. The molecule has 82 valence electrons. The highest BCUT2D eigenvalue weighted by molar-refractivity contribution is 9.10.